The summed E-state index contributed by atoms with van der Waals surface area (Å²) >= 11 is 4.90. The molecule has 0 saturated carbocycles. The van der Waals surface area contributed by atoms with Gasteiger partial charge in [0.2, 0.25) is 5.91 Å². The van der Waals surface area contributed by atoms with Crippen molar-refractivity contribution in [3.05, 3.63) is 70.8 Å². The van der Waals surface area contributed by atoms with Gasteiger partial charge in [-0.25, -0.2) is 0 Å². The summed E-state index contributed by atoms with van der Waals surface area (Å²) in [5, 5.41) is 2.90. The molecule has 0 bridgehead atoms. The largest absolute Gasteiger partial charge is 0.389 e. The number of nitrogens with one attached hydrogen (secondary N) is 1. The molecule has 26 heavy (non-hydrogen) atoms. The average molecular weight is 367 g/mol. The van der Waals surface area contributed by atoms with Crippen LogP contribution in [0, 0.1) is 0 Å². The molecule has 0 aliphatic carbocycles. The van der Waals surface area contributed by atoms with Gasteiger partial charge in [-0.3, -0.25) is 9.59 Å². The Hall–Kier alpha value is -2.73. The van der Waals surface area contributed by atoms with Crippen molar-refractivity contribution in [2.45, 2.75) is 25.9 Å². The van der Waals surface area contributed by atoms with E-state index in [1.807, 2.05) is 29.2 Å². The number of benzene rings is 2. The number of hydrogen-bond acceptors (Lipinski definition) is 3. The lowest BCUT2D eigenvalue weighted by molar-refractivity contribution is -0.128. The second kappa shape index (κ2) is 8.10. The first kappa shape index (κ1) is 18.1. The fourth-order valence-electron chi connectivity index (χ4n) is 2.92. The summed E-state index contributed by atoms with van der Waals surface area (Å²) in [5.41, 5.74) is 8.97. The Morgan fingerprint density at radius 1 is 1.04 bits per heavy atom. The van der Waals surface area contributed by atoms with Gasteiger partial charge in [-0.15, -0.1) is 0 Å². The third-order valence-electron chi connectivity index (χ3n) is 4.45. The molecule has 2 aromatic rings. The van der Waals surface area contributed by atoms with Crippen LogP contribution in [0.4, 0.5) is 0 Å². The van der Waals surface area contributed by atoms with E-state index in [0.29, 0.717) is 30.1 Å². The van der Waals surface area contributed by atoms with Crippen LogP contribution in [0.15, 0.2) is 48.5 Å². The minimum Gasteiger partial charge on any atom is -0.389 e. The number of amides is 2. The highest BCUT2D eigenvalue weighted by Crippen LogP contribution is 2.15. The van der Waals surface area contributed by atoms with Gasteiger partial charge in [0.1, 0.15) is 4.99 Å². The average Bonchev–Trinajstić information content (AvgIpc) is 3.05. The summed E-state index contributed by atoms with van der Waals surface area (Å²) in [4.78, 5) is 26.1. The van der Waals surface area contributed by atoms with E-state index in [1.54, 1.807) is 24.3 Å². The van der Waals surface area contributed by atoms with Crippen LogP contribution in [-0.2, 0) is 17.9 Å². The first-order valence-corrected chi connectivity index (χ1v) is 8.97. The SMILES string of the molecule is NC(=S)c1ccc(C(=O)NCc2ccc(CN3CCCC3=O)cc2)cc1. The summed E-state index contributed by atoms with van der Waals surface area (Å²) in [5.74, 6) is 0.0778. The molecule has 1 saturated heterocycles. The second-order valence-electron chi connectivity index (χ2n) is 6.36. The molecule has 134 valence electrons. The molecule has 1 aliphatic rings. The lowest BCUT2D eigenvalue weighted by atomic mass is 10.1. The van der Waals surface area contributed by atoms with Crippen molar-refractivity contribution in [2.24, 2.45) is 5.73 Å². The van der Waals surface area contributed by atoms with Gasteiger partial charge in [-0.2, -0.15) is 0 Å². The normalized spacial score (nSPS) is 13.7. The Balaban J connectivity index is 1.53. The maximum absolute atomic E-state index is 12.2. The lowest BCUT2D eigenvalue weighted by Gasteiger charge is -2.15. The highest BCUT2D eigenvalue weighted by molar-refractivity contribution is 7.80. The molecule has 5 nitrogen and oxygen atoms in total. The van der Waals surface area contributed by atoms with E-state index in [0.717, 1.165) is 29.7 Å². The van der Waals surface area contributed by atoms with Crippen molar-refractivity contribution in [3.8, 4) is 0 Å². The first-order valence-electron chi connectivity index (χ1n) is 8.56. The Kier molecular flexibility index (Phi) is 5.63. The zero-order chi connectivity index (χ0) is 18.5. The molecule has 2 amide bonds. The number of carbonyl (C=O) groups excluding carboxylic acids is 2. The quantitative estimate of drug-likeness (QED) is 0.769. The van der Waals surface area contributed by atoms with Crippen LogP contribution in [0.1, 0.15) is 39.9 Å². The van der Waals surface area contributed by atoms with Crippen molar-refractivity contribution >= 4 is 29.0 Å². The Morgan fingerprint density at radius 2 is 1.65 bits per heavy atom. The van der Waals surface area contributed by atoms with Crippen molar-refractivity contribution in [2.75, 3.05) is 6.54 Å². The summed E-state index contributed by atoms with van der Waals surface area (Å²) in [6, 6.07) is 14.9. The summed E-state index contributed by atoms with van der Waals surface area (Å²) < 4.78 is 0. The number of carbonyl (C=O) groups is 2. The third kappa shape index (κ3) is 4.46. The molecule has 0 radical (unpaired) electrons. The third-order valence-corrected chi connectivity index (χ3v) is 4.69. The van der Waals surface area contributed by atoms with Gasteiger partial charge in [0.15, 0.2) is 0 Å². The molecular formula is C20H21N3O2S. The van der Waals surface area contributed by atoms with E-state index < -0.39 is 0 Å². The van der Waals surface area contributed by atoms with Crippen LogP contribution in [0.3, 0.4) is 0 Å². The Labute approximate surface area is 158 Å². The molecule has 0 atom stereocenters. The van der Waals surface area contributed by atoms with E-state index in [4.69, 9.17) is 18.0 Å². The molecule has 1 heterocycles. The van der Waals surface area contributed by atoms with Gasteiger partial charge >= 0.3 is 0 Å². The van der Waals surface area contributed by atoms with Gasteiger partial charge in [0, 0.05) is 37.2 Å². The van der Waals surface area contributed by atoms with E-state index in [1.165, 1.54) is 0 Å². The minimum atomic E-state index is -0.147. The van der Waals surface area contributed by atoms with E-state index in [2.05, 4.69) is 5.32 Å². The van der Waals surface area contributed by atoms with Crippen LogP contribution < -0.4 is 11.1 Å². The van der Waals surface area contributed by atoms with Crippen LogP contribution in [-0.4, -0.2) is 28.2 Å². The second-order valence-corrected chi connectivity index (χ2v) is 6.80. The maximum atomic E-state index is 12.2. The zero-order valence-electron chi connectivity index (χ0n) is 14.4. The van der Waals surface area contributed by atoms with Gasteiger partial charge in [0.25, 0.3) is 5.91 Å². The lowest BCUT2D eigenvalue weighted by Crippen LogP contribution is -2.24. The smallest absolute Gasteiger partial charge is 0.251 e. The number of hydrogen-bond donors (Lipinski definition) is 2. The summed E-state index contributed by atoms with van der Waals surface area (Å²) in [6.45, 7) is 1.93. The van der Waals surface area contributed by atoms with Crippen molar-refractivity contribution in [1.29, 1.82) is 0 Å². The highest BCUT2D eigenvalue weighted by atomic mass is 32.1. The fraction of sp³-hybridized carbons (Fsp3) is 0.250. The first-order chi connectivity index (χ1) is 12.5. The fourth-order valence-corrected chi connectivity index (χ4v) is 3.06. The zero-order valence-corrected chi connectivity index (χ0v) is 15.2. The number of likely N-dealkylation sites (tertiary alicyclic amines) is 1. The molecule has 1 aliphatic heterocycles. The highest BCUT2D eigenvalue weighted by Gasteiger charge is 2.19. The standard InChI is InChI=1S/C20H21N3O2S/c21-19(26)16-7-9-17(10-8-16)20(25)22-12-14-3-5-15(6-4-14)13-23-11-1-2-18(23)24/h3-10H,1-2,11-13H2,(H2,21,26)(H,22,25). The monoisotopic (exact) mass is 367 g/mol. The van der Waals surface area contributed by atoms with Crippen LogP contribution in [0.2, 0.25) is 0 Å². The predicted molar refractivity (Wildman–Crippen MR) is 105 cm³/mol. The van der Waals surface area contributed by atoms with Gasteiger partial charge in [0.05, 0.1) is 0 Å². The number of thiocarbonyl (C=S) groups is 1. The predicted octanol–water partition coefficient (Wildman–Crippen LogP) is 2.37. The van der Waals surface area contributed by atoms with Crippen LogP contribution >= 0.6 is 12.2 Å². The minimum absolute atomic E-state index is 0.147. The van der Waals surface area contributed by atoms with E-state index >= 15 is 0 Å². The van der Waals surface area contributed by atoms with Crippen molar-refractivity contribution in [3.63, 3.8) is 0 Å². The Morgan fingerprint density at radius 3 is 2.23 bits per heavy atom. The topological polar surface area (TPSA) is 75.4 Å². The van der Waals surface area contributed by atoms with Crippen LogP contribution in [0.25, 0.3) is 0 Å². The molecule has 2 aromatic carbocycles. The Bertz CT molecular complexity index is 816. The summed E-state index contributed by atoms with van der Waals surface area (Å²) in [6.07, 6.45) is 1.60. The van der Waals surface area contributed by atoms with Crippen LogP contribution in [0.5, 0.6) is 0 Å². The molecule has 1 fully saturated rings. The number of rotatable bonds is 6. The van der Waals surface area contributed by atoms with Crippen molar-refractivity contribution in [1.82, 2.24) is 10.2 Å². The van der Waals surface area contributed by atoms with Gasteiger partial charge in [-0.1, -0.05) is 48.6 Å². The molecule has 3 N–H and O–H groups in total. The molecular weight excluding hydrogens is 346 g/mol. The maximum Gasteiger partial charge on any atom is 0.251 e. The molecule has 3 rings (SSSR count). The molecule has 0 spiro atoms. The number of nitrogens with zero attached hydrogens (tertiary/aromatic N) is 1. The molecule has 0 unspecified atom stereocenters. The summed E-state index contributed by atoms with van der Waals surface area (Å²) in [7, 11) is 0. The van der Waals surface area contributed by atoms with Gasteiger partial charge in [-0.05, 0) is 29.7 Å². The van der Waals surface area contributed by atoms with E-state index in [-0.39, 0.29) is 11.8 Å². The molecule has 0 aromatic heterocycles. The van der Waals surface area contributed by atoms with Crippen molar-refractivity contribution < 1.29 is 9.59 Å². The molecule has 6 heteroatoms. The number of nitrogens with two attached hydrogens (primary N) is 1. The van der Waals surface area contributed by atoms with Gasteiger partial charge < -0.3 is 16.0 Å². The van der Waals surface area contributed by atoms with E-state index in [9.17, 15) is 9.59 Å².